The second-order valence-corrected chi connectivity index (χ2v) is 6.76. The minimum absolute atomic E-state index is 0.200. The van der Waals surface area contributed by atoms with Crippen LogP contribution in [0.1, 0.15) is 27.3 Å². The van der Waals surface area contributed by atoms with Crippen LogP contribution in [0.4, 0.5) is 0 Å². The standard InChI is InChI=1S/C18H15BrN4O3/c1-10-3-4-16-21-11(2)17(23(16)8-10)18(24)22-20-7-12-5-14-15(6-13(12)19)26-9-25-14/h3-8H,9H2,1-2H3,(H,22,24)/b20-7-. The highest BCUT2D eigenvalue weighted by Gasteiger charge is 2.17. The minimum Gasteiger partial charge on any atom is -0.454 e. The number of amides is 1. The molecule has 3 heterocycles. The molecule has 0 radical (unpaired) electrons. The summed E-state index contributed by atoms with van der Waals surface area (Å²) in [5.41, 5.74) is 6.19. The number of halogens is 1. The number of carbonyl (C=O) groups excluding carboxylic acids is 1. The summed E-state index contributed by atoms with van der Waals surface area (Å²) in [6.07, 6.45) is 3.43. The van der Waals surface area contributed by atoms with E-state index in [4.69, 9.17) is 9.47 Å². The molecule has 0 bridgehead atoms. The van der Waals surface area contributed by atoms with Gasteiger partial charge in [-0.25, -0.2) is 10.4 Å². The van der Waals surface area contributed by atoms with Gasteiger partial charge in [0.2, 0.25) is 6.79 Å². The number of carbonyl (C=O) groups is 1. The molecule has 1 aliphatic heterocycles. The first kappa shape index (κ1) is 16.6. The molecule has 3 aromatic rings. The van der Waals surface area contributed by atoms with Gasteiger partial charge >= 0.3 is 0 Å². The monoisotopic (exact) mass is 414 g/mol. The molecule has 0 atom stereocenters. The molecule has 26 heavy (non-hydrogen) atoms. The number of hydrazone groups is 1. The van der Waals surface area contributed by atoms with Gasteiger partial charge in [0.1, 0.15) is 11.3 Å². The van der Waals surface area contributed by atoms with Gasteiger partial charge in [0.05, 0.1) is 11.9 Å². The first-order chi connectivity index (χ1) is 12.5. The molecule has 0 unspecified atom stereocenters. The first-order valence-electron chi connectivity index (χ1n) is 7.91. The number of pyridine rings is 1. The molecule has 1 N–H and O–H groups in total. The number of aryl methyl sites for hydroxylation is 2. The van der Waals surface area contributed by atoms with Gasteiger partial charge < -0.3 is 9.47 Å². The molecule has 2 aromatic heterocycles. The van der Waals surface area contributed by atoms with Crippen LogP contribution >= 0.6 is 15.9 Å². The summed E-state index contributed by atoms with van der Waals surface area (Å²) in [6, 6.07) is 7.44. The quantitative estimate of drug-likeness (QED) is 0.527. The van der Waals surface area contributed by atoms with Gasteiger partial charge in [0.15, 0.2) is 11.5 Å². The normalized spacial score (nSPS) is 12.9. The number of benzene rings is 1. The molecule has 132 valence electrons. The number of hydrogen-bond donors (Lipinski definition) is 1. The second kappa shape index (κ2) is 6.45. The largest absolute Gasteiger partial charge is 0.454 e. The molecule has 1 aromatic carbocycles. The van der Waals surface area contributed by atoms with Crippen molar-refractivity contribution in [1.82, 2.24) is 14.8 Å². The van der Waals surface area contributed by atoms with Crippen molar-refractivity contribution in [3.05, 3.63) is 57.4 Å². The van der Waals surface area contributed by atoms with Crippen LogP contribution in [-0.4, -0.2) is 28.3 Å². The number of fused-ring (bicyclic) bond motifs is 2. The molecule has 0 fully saturated rings. The predicted octanol–water partition coefficient (Wildman–Crippen LogP) is 3.21. The van der Waals surface area contributed by atoms with E-state index in [2.05, 4.69) is 31.4 Å². The average molecular weight is 415 g/mol. The zero-order valence-electron chi connectivity index (χ0n) is 14.1. The van der Waals surface area contributed by atoms with Gasteiger partial charge in [-0.05, 0) is 53.5 Å². The Balaban J connectivity index is 1.57. The van der Waals surface area contributed by atoms with E-state index < -0.39 is 0 Å². The van der Waals surface area contributed by atoms with Crippen molar-refractivity contribution < 1.29 is 14.3 Å². The molecule has 0 aliphatic carbocycles. The number of imidazole rings is 1. The van der Waals surface area contributed by atoms with E-state index in [9.17, 15) is 4.79 Å². The number of nitrogens with zero attached hydrogens (tertiary/aromatic N) is 3. The average Bonchev–Trinajstić information content (AvgIpc) is 3.17. The lowest BCUT2D eigenvalue weighted by atomic mass is 10.2. The Morgan fingerprint density at radius 2 is 2.08 bits per heavy atom. The summed E-state index contributed by atoms with van der Waals surface area (Å²) >= 11 is 3.45. The van der Waals surface area contributed by atoms with Gasteiger partial charge in [0, 0.05) is 16.2 Å². The summed E-state index contributed by atoms with van der Waals surface area (Å²) in [7, 11) is 0. The molecule has 7 nitrogen and oxygen atoms in total. The van der Waals surface area contributed by atoms with Crippen LogP contribution in [0.15, 0.2) is 40.0 Å². The topological polar surface area (TPSA) is 77.2 Å². The Hall–Kier alpha value is -2.87. The number of aromatic nitrogens is 2. The molecular weight excluding hydrogens is 400 g/mol. The van der Waals surface area contributed by atoms with E-state index >= 15 is 0 Å². The zero-order chi connectivity index (χ0) is 18.3. The highest BCUT2D eigenvalue weighted by molar-refractivity contribution is 9.10. The SMILES string of the molecule is Cc1ccc2nc(C)c(C(=O)N/N=C\c3cc4c(cc3Br)OCO4)n2c1. The zero-order valence-corrected chi connectivity index (χ0v) is 15.7. The van der Waals surface area contributed by atoms with Crippen LogP contribution in [0, 0.1) is 13.8 Å². The molecule has 1 amide bonds. The molecule has 0 spiro atoms. The van der Waals surface area contributed by atoms with E-state index in [0.717, 1.165) is 21.2 Å². The van der Waals surface area contributed by atoms with E-state index in [-0.39, 0.29) is 12.7 Å². The van der Waals surface area contributed by atoms with Crippen LogP contribution in [0.3, 0.4) is 0 Å². The third-order valence-electron chi connectivity index (χ3n) is 4.02. The number of rotatable bonds is 3. The van der Waals surface area contributed by atoms with Gasteiger partial charge in [0.25, 0.3) is 5.91 Å². The van der Waals surface area contributed by atoms with E-state index in [1.165, 1.54) is 0 Å². The number of nitrogens with one attached hydrogen (secondary N) is 1. The minimum atomic E-state index is -0.325. The van der Waals surface area contributed by atoms with E-state index in [0.29, 0.717) is 22.9 Å². The van der Waals surface area contributed by atoms with Crippen LogP contribution in [0.2, 0.25) is 0 Å². The fourth-order valence-electron chi connectivity index (χ4n) is 2.79. The van der Waals surface area contributed by atoms with Crippen LogP contribution in [0.5, 0.6) is 11.5 Å². The van der Waals surface area contributed by atoms with Crippen molar-refractivity contribution in [3.63, 3.8) is 0 Å². The maximum Gasteiger partial charge on any atom is 0.290 e. The summed E-state index contributed by atoms with van der Waals surface area (Å²) in [4.78, 5) is 17.0. The summed E-state index contributed by atoms with van der Waals surface area (Å²) in [5, 5.41) is 4.06. The van der Waals surface area contributed by atoms with Crippen molar-refractivity contribution in [2.24, 2.45) is 5.10 Å². The lowest BCUT2D eigenvalue weighted by Crippen LogP contribution is -2.20. The smallest absolute Gasteiger partial charge is 0.290 e. The van der Waals surface area contributed by atoms with Crippen LogP contribution < -0.4 is 14.9 Å². The Kier molecular flexibility index (Phi) is 4.12. The summed E-state index contributed by atoms with van der Waals surface area (Å²) in [6.45, 7) is 3.97. The fourth-order valence-corrected chi connectivity index (χ4v) is 3.21. The molecule has 8 heteroatoms. The van der Waals surface area contributed by atoms with Gasteiger partial charge in [-0.3, -0.25) is 9.20 Å². The highest BCUT2D eigenvalue weighted by Crippen LogP contribution is 2.36. The van der Waals surface area contributed by atoms with Crippen LogP contribution in [-0.2, 0) is 0 Å². The van der Waals surface area contributed by atoms with Crippen molar-refractivity contribution in [2.75, 3.05) is 6.79 Å². The molecule has 0 saturated heterocycles. The van der Waals surface area contributed by atoms with Gasteiger partial charge in [-0.1, -0.05) is 6.07 Å². The molecule has 4 rings (SSSR count). The lowest BCUT2D eigenvalue weighted by molar-refractivity contribution is 0.0948. The predicted molar refractivity (Wildman–Crippen MR) is 100.0 cm³/mol. The van der Waals surface area contributed by atoms with Crippen molar-refractivity contribution in [3.8, 4) is 11.5 Å². The first-order valence-corrected chi connectivity index (χ1v) is 8.70. The third kappa shape index (κ3) is 2.92. The van der Waals surface area contributed by atoms with E-state index in [1.54, 1.807) is 23.6 Å². The highest BCUT2D eigenvalue weighted by atomic mass is 79.9. The van der Waals surface area contributed by atoms with Crippen molar-refractivity contribution in [2.45, 2.75) is 13.8 Å². The molecule has 0 saturated carbocycles. The maximum atomic E-state index is 12.6. The Labute approximate surface area is 157 Å². The Morgan fingerprint density at radius 1 is 1.31 bits per heavy atom. The van der Waals surface area contributed by atoms with Crippen molar-refractivity contribution in [1.29, 1.82) is 0 Å². The summed E-state index contributed by atoms with van der Waals surface area (Å²) in [5.74, 6) is 0.998. The van der Waals surface area contributed by atoms with Gasteiger partial charge in [-0.15, -0.1) is 0 Å². The Morgan fingerprint density at radius 3 is 2.88 bits per heavy atom. The Bertz CT molecular complexity index is 1060. The number of ether oxygens (including phenoxy) is 2. The van der Waals surface area contributed by atoms with Gasteiger partial charge in [-0.2, -0.15) is 5.10 Å². The molecule has 1 aliphatic rings. The second-order valence-electron chi connectivity index (χ2n) is 5.91. The van der Waals surface area contributed by atoms with Crippen LogP contribution in [0.25, 0.3) is 5.65 Å². The maximum absolute atomic E-state index is 12.6. The fraction of sp³-hybridized carbons (Fsp3) is 0.167. The summed E-state index contributed by atoms with van der Waals surface area (Å²) < 4.78 is 13.2. The lowest BCUT2D eigenvalue weighted by Gasteiger charge is -2.04. The van der Waals surface area contributed by atoms with Crippen molar-refractivity contribution >= 4 is 33.7 Å². The number of hydrogen-bond acceptors (Lipinski definition) is 5. The third-order valence-corrected chi connectivity index (χ3v) is 4.70. The van der Waals surface area contributed by atoms with E-state index in [1.807, 2.05) is 31.3 Å². The molecular formula is C18H15BrN4O3.